The van der Waals surface area contributed by atoms with Crippen molar-refractivity contribution in [3.63, 3.8) is 0 Å². The standard InChI is InChI=1S/C20H26N2O3/c1-14(7-9-23)12-21-20(24)19-17(8-10-25-19)13-22-15(2)11-16-5-3-4-6-18(16)22/h3-6,8,10,14-15,23H,7,9,11-13H2,1-2H3,(H,21,24). The lowest BCUT2D eigenvalue weighted by Crippen LogP contribution is -2.31. The van der Waals surface area contributed by atoms with Crippen molar-refractivity contribution in [2.45, 2.75) is 39.3 Å². The van der Waals surface area contributed by atoms with Crippen molar-refractivity contribution in [3.8, 4) is 0 Å². The molecule has 2 atom stereocenters. The van der Waals surface area contributed by atoms with Crippen molar-refractivity contribution in [2.75, 3.05) is 18.1 Å². The zero-order valence-corrected chi connectivity index (χ0v) is 14.9. The van der Waals surface area contributed by atoms with Crippen LogP contribution in [0.1, 0.15) is 41.9 Å². The number of carbonyl (C=O) groups is 1. The van der Waals surface area contributed by atoms with Gasteiger partial charge in [-0.05, 0) is 43.4 Å². The molecule has 0 fully saturated rings. The second kappa shape index (κ2) is 7.74. The van der Waals surface area contributed by atoms with Gasteiger partial charge in [0, 0.05) is 37.0 Å². The van der Waals surface area contributed by atoms with E-state index in [1.54, 1.807) is 6.26 Å². The minimum absolute atomic E-state index is 0.134. The van der Waals surface area contributed by atoms with Crippen molar-refractivity contribution in [1.82, 2.24) is 5.32 Å². The molecular weight excluding hydrogens is 316 g/mol. The fraction of sp³-hybridized carbons (Fsp3) is 0.450. The number of para-hydroxylation sites is 1. The summed E-state index contributed by atoms with van der Waals surface area (Å²) >= 11 is 0. The third-order valence-corrected chi connectivity index (χ3v) is 4.88. The number of rotatable bonds is 7. The molecule has 5 heteroatoms. The Labute approximate surface area is 148 Å². The van der Waals surface area contributed by atoms with E-state index in [2.05, 4.69) is 41.4 Å². The summed E-state index contributed by atoms with van der Waals surface area (Å²) in [6, 6.07) is 10.7. The molecule has 2 heterocycles. The topological polar surface area (TPSA) is 65.7 Å². The van der Waals surface area contributed by atoms with Gasteiger partial charge >= 0.3 is 0 Å². The van der Waals surface area contributed by atoms with Gasteiger partial charge < -0.3 is 19.7 Å². The average molecular weight is 342 g/mol. The summed E-state index contributed by atoms with van der Waals surface area (Å²) in [5, 5.41) is 11.9. The molecule has 2 aromatic rings. The molecule has 0 radical (unpaired) electrons. The van der Waals surface area contributed by atoms with Crippen LogP contribution in [0, 0.1) is 5.92 Å². The molecule has 0 aliphatic carbocycles. The number of hydrogen-bond acceptors (Lipinski definition) is 4. The minimum atomic E-state index is -0.190. The Morgan fingerprint density at radius 3 is 3.00 bits per heavy atom. The van der Waals surface area contributed by atoms with E-state index in [0.29, 0.717) is 31.3 Å². The molecule has 1 aliphatic heterocycles. The molecule has 25 heavy (non-hydrogen) atoms. The molecule has 5 nitrogen and oxygen atoms in total. The summed E-state index contributed by atoms with van der Waals surface area (Å²) in [6.45, 7) is 5.53. The maximum absolute atomic E-state index is 12.5. The molecule has 3 rings (SSSR count). The second-order valence-corrected chi connectivity index (χ2v) is 6.91. The van der Waals surface area contributed by atoms with E-state index < -0.39 is 0 Å². The summed E-state index contributed by atoms with van der Waals surface area (Å²) < 4.78 is 5.46. The first-order chi connectivity index (χ1) is 12.1. The summed E-state index contributed by atoms with van der Waals surface area (Å²) in [5.41, 5.74) is 3.48. The lowest BCUT2D eigenvalue weighted by Gasteiger charge is -2.24. The number of aliphatic hydroxyl groups excluding tert-OH is 1. The van der Waals surface area contributed by atoms with Crippen LogP contribution in [0.2, 0.25) is 0 Å². The highest BCUT2D eigenvalue weighted by atomic mass is 16.3. The van der Waals surface area contributed by atoms with Crippen LogP contribution < -0.4 is 10.2 Å². The molecule has 1 aromatic carbocycles. The molecule has 134 valence electrons. The molecule has 0 saturated carbocycles. The van der Waals surface area contributed by atoms with Crippen molar-refractivity contribution in [1.29, 1.82) is 0 Å². The Kier molecular flexibility index (Phi) is 5.43. The highest BCUT2D eigenvalue weighted by Gasteiger charge is 2.27. The Bertz CT molecular complexity index is 725. The number of furan rings is 1. The Morgan fingerprint density at radius 1 is 1.40 bits per heavy atom. The molecule has 1 amide bonds. The highest BCUT2D eigenvalue weighted by molar-refractivity contribution is 5.93. The third-order valence-electron chi connectivity index (χ3n) is 4.88. The number of fused-ring (bicyclic) bond motifs is 1. The molecule has 1 aliphatic rings. The number of anilines is 1. The van der Waals surface area contributed by atoms with Gasteiger partial charge in [0.1, 0.15) is 0 Å². The van der Waals surface area contributed by atoms with Crippen LogP contribution in [0.4, 0.5) is 5.69 Å². The first-order valence-corrected chi connectivity index (χ1v) is 8.90. The van der Waals surface area contributed by atoms with E-state index in [1.165, 1.54) is 11.3 Å². The monoisotopic (exact) mass is 342 g/mol. The van der Waals surface area contributed by atoms with E-state index >= 15 is 0 Å². The van der Waals surface area contributed by atoms with E-state index in [-0.39, 0.29) is 18.4 Å². The van der Waals surface area contributed by atoms with Gasteiger partial charge in [0.15, 0.2) is 5.76 Å². The van der Waals surface area contributed by atoms with Gasteiger partial charge in [-0.1, -0.05) is 25.1 Å². The lowest BCUT2D eigenvalue weighted by atomic mass is 10.1. The number of nitrogens with zero attached hydrogens (tertiary/aromatic N) is 1. The molecule has 1 aromatic heterocycles. The average Bonchev–Trinajstić information content (AvgIpc) is 3.18. The molecular formula is C20H26N2O3. The Morgan fingerprint density at radius 2 is 2.20 bits per heavy atom. The fourth-order valence-electron chi connectivity index (χ4n) is 3.38. The zero-order valence-electron chi connectivity index (χ0n) is 14.9. The SMILES string of the molecule is CC(CCO)CNC(=O)c1occc1CN1c2ccccc2CC1C. The zero-order chi connectivity index (χ0) is 17.8. The van der Waals surface area contributed by atoms with E-state index in [1.807, 2.05) is 13.0 Å². The molecule has 2 unspecified atom stereocenters. The van der Waals surface area contributed by atoms with E-state index in [0.717, 1.165) is 12.0 Å². The first-order valence-electron chi connectivity index (χ1n) is 8.90. The molecule has 0 saturated heterocycles. The number of nitrogens with one attached hydrogen (secondary N) is 1. The first kappa shape index (κ1) is 17.5. The summed E-state index contributed by atoms with van der Waals surface area (Å²) in [4.78, 5) is 14.8. The van der Waals surface area contributed by atoms with Crippen molar-refractivity contribution in [3.05, 3.63) is 53.5 Å². The summed E-state index contributed by atoms with van der Waals surface area (Å²) in [7, 11) is 0. The predicted octanol–water partition coefficient (Wildman–Crippen LogP) is 2.98. The Balaban J connectivity index is 1.69. The number of aliphatic hydroxyl groups is 1. The van der Waals surface area contributed by atoms with Crippen molar-refractivity contribution >= 4 is 11.6 Å². The van der Waals surface area contributed by atoms with Crippen LogP contribution >= 0.6 is 0 Å². The maximum atomic E-state index is 12.5. The number of amides is 1. The number of hydrogen-bond donors (Lipinski definition) is 2. The van der Waals surface area contributed by atoms with Gasteiger partial charge in [-0.2, -0.15) is 0 Å². The van der Waals surface area contributed by atoms with Crippen LogP contribution in [0.3, 0.4) is 0 Å². The van der Waals surface area contributed by atoms with Crippen LogP contribution in [-0.2, 0) is 13.0 Å². The maximum Gasteiger partial charge on any atom is 0.287 e. The van der Waals surface area contributed by atoms with E-state index in [4.69, 9.17) is 9.52 Å². The smallest absolute Gasteiger partial charge is 0.287 e. The van der Waals surface area contributed by atoms with Gasteiger partial charge in [-0.15, -0.1) is 0 Å². The largest absolute Gasteiger partial charge is 0.459 e. The molecule has 0 bridgehead atoms. The van der Waals surface area contributed by atoms with Gasteiger partial charge in [-0.3, -0.25) is 4.79 Å². The van der Waals surface area contributed by atoms with Gasteiger partial charge in [0.25, 0.3) is 5.91 Å². The predicted molar refractivity (Wildman–Crippen MR) is 97.7 cm³/mol. The van der Waals surface area contributed by atoms with Gasteiger partial charge in [0.2, 0.25) is 0 Å². The number of benzene rings is 1. The number of carbonyl (C=O) groups excluding carboxylic acids is 1. The summed E-state index contributed by atoms with van der Waals surface area (Å²) in [5.74, 6) is 0.426. The lowest BCUT2D eigenvalue weighted by molar-refractivity contribution is 0.0916. The third kappa shape index (κ3) is 3.87. The van der Waals surface area contributed by atoms with Crippen LogP contribution in [0.5, 0.6) is 0 Å². The van der Waals surface area contributed by atoms with E-state index in [9.17, 15) is 4.79 Å². The van der Waals surface area contributed by atoms with Crippen LogP contribution in [0.15, 0.2) is 41.0 Å². The normalized spacial score (nSPS) is 17.4. The van der Waals surface area contributed by atoms with Gasteiger partial charge in [-0.25, -0.2) is 0 Å². The molecule has 0 spiro atoms. The van der Waals surface area contributed by atoms with Crippen LogP contribution in [-0.4, -0.2) is 30.2 Å². The minimum Gasteiger partial charge on any atom is -0.459 e. The summed E-state index contributed by atoms with van der Waals surface area (Å²) in [6.07, 6.45) is 3.27. The molecule has 2 N–H and O–H groups in total. The van der Waals surface area contributed by atoms with Crippen molar-refractivity contribution in [2.24, 2.45) is 5.92 Å². The van der Waals surface area contributed by atoms with Crippen molar-refractivity contribution < 1.29 is 14.3 Å². The Hall–Kier alpha value is -2.27. The quantitative estimate of drug-likeness (QED) is 0.812. The fourth-order valence-corrected chi connectivity index (χ4v) is 3.38. The highest BCUT2D eigenvalue weighted by Crippen LogP contribution is 2.33. The second-order valence-electron chi connectivity index (χ2n) is 6.91. The van der Waals surface area contributed by atoms with Crippen LogP contribution in [0.25, 0.3) is 0 Å². The van der Waals surface area contributed by atoms with Gasteiger partial charge in [0.05, 0.1) is 6.26 Å².